The second-order valence-electron chi connectivity index (χ2n) is 9.56. The van der Waals surface area contributed by atoms with E-state index in [4.69, 9.17) is 27.3 Å². The molecule has 3 N–H and O–H groups in total. The lowest BCUT2D eigenvalue weighted by Crippen LogP contribution is -2.32. The Labute approximate surface area is 214 Å². The van der Waals surface area contributed by atoms with E-state index in [0.29, 0.717) is 40.3 Å². The Morgan fingerprint density at radius 2 is 2.08 bits per heavy atom. The summed E-state index contributed by atoms with van der Waals surface area (Å²) in [6.07, 6.45) is 4.05. The summed E-state index contributed by atoms with van der Waals surface area (Å²) in [4.78, 5) is 20.7. The van der Waals surface area contributed by atoms with E-state index in [1.807, 2.05) is 19.1 Å². The molecule has 1 aromatic carbocycles. The van der Waals surface area contributed by atoms with Crippen molar-refractivity contribution in [1.29, 1.82) is 0 Å². The molecule has 0 amide bonds. The van der Waals surface area contributed by atoms with Gasteiger partial charge in [0.05, 0.1) is 32.6 Å². The fourth-order valence-corrected chi connectivity index (χ4v) is 7.23. The van der Waals surface area contributed by atoms with Crippen LogP contribution in [0.4, 0.5) is 10.2 Å². The second kappa shape index (κ2) is 7.89. The van der Waals surface area contributed by atoms with Gasteiger partial charge >= 0.3 is 0 Å². The van der Waals surface area contributed by atoms with Gasteiger partial charge in [-0.1, -0.05) is 11.6 Å². The molecule has 0 spiro atoms. The first-order valence-corrected chi connectivity index (χ1v) is 13.0. The van der Waals surface area contributed by atoms with Crippen LogP contribution in [-0.4, -0.2) is 49.8 Å². The fourth-order valence-electron chi connectivity index (χ4n) is 6.01. The molecule has 1 aliphatic carbocycles. The van der Waals surface area contributed by atoms with Crippen molar-refractivity contribution in [1.82, 2.24) is 30.1 Å². The van der Waals surface area contributed by atoms with Crippen molar-refractivity contribution in [2.45, 2.75) is 18.8 Å². The minimum Gasteiger partial charge on any atom is -0.355 e. The minimum atomic E-state index is -0.331. The second-order valence-corrected chi connectivity index (χ2v) is 11.1. The number of aromatic nitrogens is 6. The molecule has 36 heavy (non-hydrogen) atoms. The molecule has 0 unspecified atom stereocenters. The Hall–Kier alpha value is -3.21. The number of aryl methyl sites for hydroxylation is 1. The van der Waals surface area contributed by atoms with Crippen LogP contribution in [0.5, 0.6) is 0 Å². The number of rotatable bonds is 4. The van der Waals surface area contributed by atoms with Crippen molar-refractivity contribution in [3.63, 3.8) is 0 Å². The smallest absolute Gasteiger partial charge is 0.177 e. The number of fused-ring (bicyclic) bond motifs is 3. The highest BCUT2D eigenvalue weighted by atomic mass is 35.5. The molecule has 5 aromatic rings. The van der Waals surface area contributed by atoms with E-state index in [2.05, 4.69) is 25.1 Å². The summed E-state index contributed by atoms with van der Waals surface area (Å²) in [5.74, 6) is 1.25. The molecular weight excluding hydrogens is 499 g/mol. The van der Waals surface area contributed by atoms with Gasteiger partial charge in [-0.05, 0) is 49.4 Å². The lowest BCUT2D eigenvalue weighted by molar-refractivity contribution is 0.544. The number of halogens is 2. The zero-order valence-electron chi connectivity index (χ0n) is 19.4. The Morgan fingerprint density at radius 3 is 2.89 bits per heavy atom. The average Bonchev–Trinajstić information content (AvgIpc) is 3.13. The van der Waals surface area contributed by atoms with Crippen LogP contribution >= 0.6 is 22.9 Å². The number of hydrogen-bond acceptors (Lipinski definition) is 8. The van der Waals surface area contributed by atoms with Crippen molar-refractivity contribution < 1.29 is 4.39 Å². The highest BCUT2D eigenvalue weighted by Gasteiger charge is 2.66. The van der Waals surface area contributed by atoms with Gasteiger partial charge in [-0.25, -0.2) is 19.3 Å². The summed E-state index contributed by atoms with van der Waals surface area (Å²) in [5.41, 5.74) is 10.6. The maximum atomic E-state index is 13.4. The van der Waals surface area contributed by atoms with Crippen LogP contribution in [0.15, 0.2) is 36.7 Å². The maximum Gasteiger partial charge on any atom is 0.177 e. The molecule has 182 valence electrons. The SMILES string of the molecule is Cc1nc2ccc(-c3n[nH]c4nc(N5CC[C@@H]6[C@H](C5)[C@@]6(CN)c5ccc(F)cn5)cnc34)c(Cl)c2s1. The van der Waals surface area contributed by atoms with Gasteiger partial charge in [0.1, 0.15) is 22.8 Å². The van der Waals surface area contributed by atoms with Gasteiger partial charge in [-0.2, -0.15) is 5.10 Å². The van der Waals surface area contributed by atoms with Gasteiger partial charge in [-0.3, -0.25) is 10.1 Å². The third-order valence-corrected chi connectivity index (χ3v) is 9.32. The zero-order chi connectivity index (χ0) is 24.6. The first kappa shape index (κ1) is 22.0. The van der Waals surface area contributed by atoms with E-state index in [1.165, 1.54) is 12.3 Å². The van der Waals surface area contributed by atoms with Crippen molar-refractivity contribution >= 4 is 50.1 Å². The van der Waals surface area contributed by atoms with Crippen LogP contribution in [0.1, 0.15) is 17.1 Å². The number of benzene rings is 1. The molecule has 0 bridgehead atoms. The monoisotopic (exact) mass is 520 g/mol. The van der Waals surface area contributed by atoms with Gasteiger partial charge in [-0.15, -0.1) is 11.3 Å². The van der Waals surface area contributed by atoms with Gasteiger partial charge in [0.2, 0.25) is 0 Å². The predicted molar refractivity (Wildman–Crippen MR) is 139 cm³/mol. The standard InChI is InChI=1S/C25H22ClFN8S/c1-12-31-17-4-3-14(20(26)23(17)36-12)21-22-24(34-33-21)32-19(9-30-22)35-7-6-15-16(10-35)25(15,11-28)18-5-2-13(27)8-29-18/h2-5,8-9,15-16H,6-7,10-11,28H2,1H3,(H,32,33,34)/t15-,16+,25+/m1/s1. The van der Waals surface area contributed by atoms with Crippen LogP contribution in [0, 0.1) is 24.6 Å². The summed E-state index contributed by atoms with van der Waals surface area (Å²) in [6.45, 7) is 4.11. The molecule has 1 saturated carbocycles. The lowest BCUT2D eigenvalue weighted by atomic mass is 9.96. The Kier molecular flexibility index (Phi) is 4.83. The molecule has 2 aliphatic rings. The summed E-state index contributed by atoms with van der Waals surface area (Å²) < 4.78 is 14.4. The third kappa shape index (κ3) is 3.11. The van der Waals surface area contributed by atoms with Crippen LogP contribution in [-0.2, 0) is 5.41 Å². The number of nitrogens with two attached hydrogens (primary N) is 1. The molecule has 0 radical (unpaired) electrons. The first-order chi connectivity index (χ1) is 17.5. The predicted octanol–water partition coefficient (Wildman–Crippen LogP) is 4.48. The highest BCUT2D eigenvalue weighted by molar-refractivity contribution is 7.19. The topological polar surface area (TPSA) is 110 Å². The molecule has 11 heteroatoms. The summed E-state index contributed by atoms with van der Waals surface area (Å²) in [7, 11) is 0. The van der Waals surface area contributed by atoms with E-state index in [-0.39, 0.29) is 11.2 Å². The molecule has 2 fully saturated rings. The molecule has 7 rings (SSSR count). The normalized spacial score (nSPS) is 23.4. The van der Waals surface area contributed by atoms with Crippen LogP contribution in [0.25, 0.3) is 32.6 Å². The van der Waals surface area contributed by atoms with Crippen molar-refractivity contribution in [3.05, 3.63) is 58.2 Å². The molecule has 1 aliphatic heterocycles. The Bertz CT molecular complexity index is 1630. The number of aromatic amines is 1. The van der Waals surface area contributed by atoms with E-state index < -0.39 is 0 Å². The Morgan fingerprint density at radius 1 is 1.19 bits per heavy atom. The number of piperidine rings is 1. The van der Waals surface area contributed by atoms with Crippen LogP contribution in [0.3, 0.4) is 0 Å². The first-order valence-electron chi connectivity index (χ1n) is 11.8. The quantitative estimate of drug-likeness (QED) is 0.359. The van der Waals surface area contributed by atoms with Crippen LogP contribution in [0.2, 0.25) is 5.02 Å². The molecule has 4 aromatic heterocycles. The zero-order valence-corrected chi connectivity index (χ0v) is 20.9. The van der Waals surface area contributed by atoms with Gasteiger partial charge < -0.3 is 10.6 Å². The number of hydrogen-bond donors (Lipinski definition) is 2. The van der Waals surface area contributed by atoms with E-state index in [1.54, 1.807) is 23.6 Å². The largest absolute Gasteiger partial charge is 0.355 e. The van der Waals surface area contributed by atoms with Crippen molar-refractivity contribution in [2.24, 2.45) is 17.6 Å². The van der Waals surface area contributed by atoms with Gasteiger partial charge in [0.15, 0.2) is 5.65 Å². The van der Waals surface area contributed by atoms with Crippen LogP contribution < -0.4 is 10.6 Å². The number of H-pyrrole nitrogens is 1. The van der Waals surface area contributed by atoms with E-state index >= 15 is 0 Å². The molecule has 8 nitrogen and oxygen atoms in total. The minimum absolute atomic E-state index is 0.203. The number of nitrogens with zero attached hydrogens (tertiary/aromatic N) is 6. The average molecular weight is 521 g/mol. The summed E-state index contributed by atoms with van der Waals surface area (Å²) >= 11 is 8.31. The van der Waals surface area contributed by atoms with Crippen molar-refractivity contribution in [2.75, 3.05) is 24.5 Å². The fraction of sp³-hybridized carbons (Fsp3) is 0.320. The number of anilines is 1. The molecule has 3 atom stereocenters. The summed E-state index contributed by atoms with van der Waals surface area (Å²) in [5, 5.41) is 9.14. The van der Waals surface area contributed by atoms with Crippen molar-refractivity contribution in [3.8, 4) is 11.3 Å². The Balaban J connectivity index is 1.19. The molecule has 1 saturated heterocycles. The van der Waals surface area contributed by atoms with Gasteiger partial charge in [0, 0.05) is 36.3 Å². The maximum absolute atomic E-state index is 13.4. The molecule has 5 heterocycles. The third-order valence-electron chi connectivity index (χ3n) is 7.81. The van der Waals surface area contributed by atoms with E-state index in [9.17, 15) is 4.39 Å². The highest BCUT2D eigenvalue weighted by Crippen LogP contribution is 2.62. The number of pyridine rings is 1. The van der Waals surface area contributed by atoms with Gasteiger partial charge in [0.25, 0.3) is 0 Å². The number of nitrogens with one attached hydrogen (secondary N) is 1. The lowest BCUT2D eigenvalue weighted by Gasteiger charge is -2.26. The molecular formula is C25H22ClFN8S. The number of thiazole rings is 1. The summed E-state index contributed by atoms with van der Waals surface area (Å²) in [6, 6.07) is 7.14. The van der Waals surface area contributed by atoms with E-state index in [0.717, 1.165) is 51.8 Å².